The van der Waals surface area contributed by atoms with E-state index in [1.165, 1.54) is 22.3 Å². The maximum absolute atomic E-state index is 6.68. The summed E-state index contributed by atoms with van der Waals surface area (Å²) in [6.07, 6.45) is 0. The first-order chi connectivity index (χ1) is 13.7. The van der Waals surface area contributed by atoms with Crippen molar-refractivity contribution in [1.29, 1.82) is 0 Å². The van der Waals surface area contributed by atoms with E-state index in [4.69, 9.17) is 4.74 Å². The summed E-state index contributed by atoms with van der Waals surface area (Å²) in [5, 5.41) is 0. The summed E-state index contributed by atoms with van der Waals surface area (Å²) in [5.41, 5.74) is 6.95. The van der Waals surface area contributed by atoms with Gasteiger partial charge < -0.3 is 4.74 Å². The summed E-state index contributed by atoms with van der Waals surface area (Å²) >= 11 is 0. The first-order valence-electron chi connectivity index (χ1n) is 9.72. The fourth-order valence-corrected chi connectivity index (χ4v) is 4.22. The Balaban J connectivity index is 1.76. The minimum atomic E-state index is -0.140. The number of hydrogen-bond donors (Lipinski definition) is 0. The molecule has 0 atom stereocenters. The van der Waals surface area contributed by atoms with Crippen molar-refractivity contribution in [3.05, 3.63) is 108 Å². The van der Waals surface area contributed by atoms with Crippen molar-refractivity contribution in [3.63, 3.8) is 0 Å². The Labute approximate surface area is 166 Å². The molecule has 0 saturated heterocycles. The Bertz CT molecular complexity index is 1050. The molecule has 1 aliphatic heterocycles. The van der Waals surface area contributed by atoms with E-state index in [0.29, 0.717) is 0 Å². The maximum atomic E-state index is 6.68. The van der Waals surface area contributed by atoms with Gasteiger partial charge in [-0.05, 0) is 11.1 Å². The van der Waals surface area contributed by atoms with Crippen LogP contribution in [0.15, 0.2) is 97.1 Å². The van der Waals surface area contributed by atoms with Crippen LogP contribution in [0.25, 0.3) is 22.3 Å². The lowest BCUT2D eigenvalue weighted by molar-refractivity contribution is 0.421. The van der Waals surface area contributed by atoms with Crippen LogP contribution in [-0.2, 0) is 5.41 Å². The average molecular weight is 362 g/mol. The van der Waals surface area contributed by atoms with Crippen LogP contribution in [0.5, 0.6) is 11.5 Å². The molecule has 28 heavy (non-hydrogen) atoms. The molecule has 1 nitrogen and oxygen atoms in total. The number of rotatable bonds is 2. The van der Waals surface area contributed by atoms with E-state index in [1.54, 1.807) is 0 Å². The summed E-state index contributed by atoms with van der Waals surface area (Å²) < 4.78 is 6.68. The first kappa shape index (κ1) is 16.8. The fourth-order valence-electron chi connectivity index (χ4n) is 4.22. The van der Waals surface area contributed by atoms with Gasteiger partial charge in [0.05, 0.1) is 0 Å². The van der Waals surface area contributed by atoms with Gasteiger partial charge >= 0.3 is 0 Å². The quantitative estimate of drug-likeness (QED) is 0.360. The van der Waals surface area contributed by atoms with Crippen LogP contribution in [0.2, 0.25) is 0 Å². The van der Waals surface area contributed by atoms with Crippen molar-refractivity contribution < 1.29 is 4.74 Å². The predicted octanol–water partition coefficient (Wildman–Crippen LogP) is 7.45. The molecule has 0 bridgehead atoms. The van der Waals surface area contributed by atoms with E-state index in [9.17, 15) is 0 Å². The number of ether oxygens (including phenoxy) is 1. The smallest absolute Gasteiger partial charge is 0.139 e. The minimum absolute atomic E-state index is 0.140. The van der Waals surface area contributed by atoms with Gasteiger partial charge in [-0.3, -0.25) is 0 Å². The number of para-hydroxylation sites is 2. The highest BCUT2D eigenvalue weighted by molar-refractivity contribution is 5.80. The molecule has 0 spiro atoms. The Morgan fingerprint density at radius 3 is 1.36 bits per heavy atom. The molecule has 0 unspecified atom stereocenters. The Morgan fingerprint density at radius 1 is 0.500 bits per heavy atom. The van der Waals surface area contributed by atoms with Gasteiger partial charge in [-0.25, -0.2) is 0 Å². The SMILES string of the molecule is CC1(C)c2cccc(-c3ccccc3)c2Oc2c(-c3ccccc3)cccc21. The van der Waals surface area contributed by atoms with Gasteiger partial charge in [0, 0.05) is 27.7 Å². The van der Waals surface area contributed by atoms with Gasteiger partial charge in [-0.2, -0.15) is 0 Å². The van der Waals surface area contributed by atoms with E-state index in [0.717, 1.165) is 22.6 Å². The largest absolute Gasteiger partial charge is 0.455 e. The molecule has 0 N–H and O–H groups in total. The summed E-state index contributed by atoms with van der Waals surface area (Å²) in [6, 6.07) is 33.9. The zero-order valence-electron chi connectivity index (χ0n) is 16.1. The van der Waals surface area contributed by atoms with Gasteiger partial charge in [0.15, 0.2) is 0 Å². The summed E-state index contributed by atoms with van der Waals surface area (Å²) in [7, 11) is 0. The van der Waals surface area contributed by atoms with Crippen molar-refractivity contribution in [3.8, 4) is 33.8 Å². The highest BCUT2D eigenvalue weighted by atomic mass is 16.5. The van der Waals surface area contributed by atoms with Crippen LogP contribution in [0, 0.1) is 0 Å². The Morgan fingerprint density at radius 2 is 0.929 bits per heavy atom. The molecule has 5 rings (SSSR count). The van der Waals surface area contributed by atoms with E-state index in [1.807, 2.05) is 12.1 Å². The van der Waals surface area contributed by atoms with Crippen LogP contribution < -0.4 is 4.74 Å². The highest BCUT2D eigenvalue weighted by Gasteiger charge is 2.36. The molecule has 4 aromatic rings. The molecule has 4 aromatic carbocycles. The number of benzene rings is 4. The lowest BCUT2D eigenvalue weighted by atomic mass is 9.74. The van der Waals surface area contributed by atoms with Gasteiger partial charge in [-0.1, -0.05) is 111 Å². The van der Waals surface area contributed by atoms with E-state index in [2.05, 4.69) is 98.8 Å². The third kappa shape index (κ3) is 2.55. The van der Waals surface area contributed by atoms with Gasteiger partial charge in [0.1, 0.15) is 11.5 Å². The Hall–Kier alpha value is -3.32. The average Bonchev–Trinajstić information content (AvgIpc) is 2.74. The van der Waals surface area contributed by atoms with E-state index in [-0.39, 0.29) is 5.41 Å². The molecule has 1 heterocycles. The summed E-state index contributed by atoms with van der Waals surface area (Å²) in [4.78, 5) is 0. The third-order valence-corrected chi connectivity index (χ3v) is 5.75. The van der Waals surface area contributed by atoms with Crippen molar-refractivity contribution in [2.24, 2.45) is 0 Å². The van der Waals surface area contributed by atoms with Crippen LogP contribution >= 0.6 is 0 Å². The normalized spacial score (nSPS) is 13.9. The van der Waals surface area contributed by atoms with Crippen molar-refractivity contribution >= 4 is 0 Å². The zero-order chi connectivity index (χ0) is 19.1. The van der Waals surface area contributed by atoms with E-state index >= 15 is 0 Å². The lowest BCUT2D eigenvalue weighted by Gasteiger charge is -2.36. The monoisotopic (exact) mass is 362 g/mol. The molecule has 0 amide bonds. The number of hydrogen-bond acceptors (Lipinski definition) is 1. The fraction of sp³-hybridized carbons (Fsp3) is 0.111. The van der Waals surface area contributed by atoms with Crippen molar-refractivity contribution in [2.75, 3.05) is 0 Å². The topological polar surface area (TPSA) is 9.23 Å². The second kappa shape index (κ2) is 6.38. The zero-order valence-corrected chi connectivity index (χ0v) is 16.1. The van der Waals surface area contributed by atoms with Crippen molar-refractivity contribution in [1.82, 2.24) is 0 Å². The molecular weight excluding hydrogens is 340 g/mol. The first-order valence-corrected chi connectivity index (χ1v) is 9.72. The predicted molar refractivity (Wildman–Crippen MR) is 116 cm³/mol. The molecule has 0 aliphatic carbocycles. The highest BCUT2D eigenvalue weighted by Crippen LogP contribution is 2.53. The maximum Gasteiger partial charge on any atom is 0.139 e. The third-order valence-electron chi connectivity index (χ3n) is 5.75. The van der Waals surface area contributed by atoms with E-state index < -0.39 is 0 Å². The Kier molecular flexibility index (Phi) is 3.84. The molecule has 1 heteroatoms. The molecule has 0 fully saturated rings. The van der Waals surface area contributed by atoms with Gasteiger partial charge in [0.25, 0.3) is 0 Å². The van der Waals surface area contributed by atoms with Crippen LogP contribution in [0.3, 0.4) is 0 Å². The molecular formula is C27H22O. The van der Waals surface area contributed by atoms with Crippen LogP contribution in [0.4, 0.5) is 0 Å². The minimum Gasteiger partial charge on any atom is -0.455 e. The second-order valence-corrected chi connectivity index (χ2v) is 7.82. The summed E-state index contributed by atoms with van der Waals surface area (Å²) in [6.45, 7) is 4.58. The van der Waals surface area contributed by atoms with Gasteiger partial charge in [0.2, 0.25) is 0 Å². The molecule has 136 valence electrons. The molecule has 0 saturated carbocycles. The lowest BCUT2D eigenvalue weighted by Crippen LogP contribution is -2.25. The second-order valence-electron chi connectivity index (χ2n) is 7.82. The molecule has 0 radical (unpaired) electrons. The number of fused-ring (bicyclic) bond motifs is 2. The molecule has 1 aliphatic rings. The van der Waals surface area contributed by atoms with Crippen molar-refractivity contribution in [2.45, 2.75) is 19.3 Å². The molecule has 0 aromatic heterocycles. The summed E-state index contributed by atoms with van der Waals surface area (Å²) in [5.74, 6) is 1.93. The van der Waals surface area contributed by atoms with Gasteiger partial charge in [-0.15, -0.1) is 0 Å². The van der Waals surface area contributed by atoms with Crippen LogP contribution in [-0.4, -0.2) is 0 Å². The van der Waals surface area contributed by atoms with Crippen LogP contribution in [0.1, 0.15) is 25.0 Å². The standard InChI is InChI=1S/C27H22O/c1-27(2)23-17-9-15-21(19-11-5-3-6-12-19)25(23)28-26-22(16-10-18-24(26)27)20-13-7-4-8-14-20/h3-18H,1-2H3.